The molecular formula is C50H36Cl2O24. The van der Waals surface area contributed by atoms with Crippen molar-refractivity contribution in [3.05, 3.63) is 32.3 Å². The largest absolute Gasteiger partial charge is 0.507 e. The van der Waals surface area contributed by atoms with Crippen LogP contribution in [0.2, 0.25) is 10.0 Å². The first-order valence-corrected chi connectivity index (χ1v) is 22.0. The Morgan fingerprint density at radius 3 is 0.908 bits per heavy atom. The summed E-state index contributed by atoms with van der Waals surface area (Å²) in [5, 5.41) is 267. The fraction of sp³-hybridized carbons (Fsp3) is 0.0800. The van der Waals surface area contributed by atoms with Crippen molar-refractivity contribution in [2.75, 3.05) is 0 Å². The van der Waals surface area contributed by atoms with Gasteiger partial charge in [-0.1, -0.05) is 23.2 Å². The van der Waals surface area contributed by atoms with Crippen LogP contribution in [0.4, 0.5) is 0 Å². The summed E-state index contributed by atoms with van der Waals surface area (Å²) in [6.45, 7) is 4.62. The van der Waals surface area contributed by atoms with Crippen LogP contribution in [0.1, 0.15) is 22.3 Å². The molecule has 0 aromatic heterocycles. The van der Waals surface area contributed by atoms with Gasteiger partial charge in [0.05, 0.1) is 48.6 Å². The summed E-state index contributed by atoms with van der Waals surface area (Å²) in [5.41, 5.74) is -12.0. The summed E-state index contributed by atoms with van der Waals surface area (Å²) in [6.07, 6.45) is 0. The van der Waals surface area contributed by atoms with E-state index in [2.05, 4.69) is 0 Å². The van der Waals surface area contributed by atoms with Crippen LogP contribution in [-0.2, 0) is 0 Å². The Balaban J connectivity index is 1.64. The molecule has 0 atom stereocenters. The van der Waals surface area contributed by atoms with Crippen LogP contribution < -0.4 is 0 Å². The van der Waals surface area contributed by atoms with Crippen LogP contribution in [0.15, 0.2) is 0 Å². The number of aryl methyl sites for hydroxylation is 1. The Labute approximate surface area is 430 Å². The van der Waals surface area contributed by atoms with Gasteiger partial charge in [0.25, 0.3) is 0 Å². The van der Waals surface area contributed by atoms with Gasteiger partial charge in [-0.3, -0.25) is 0 Å². The Bertz CT molecular complexity index is 4210. The van der Waals surface area contributed by atoms with E-state index in [1.54, 1.807) is 0 Å². The number of rotatable bonds is 4. The minimum absolute atomic E-state index is 0.0853. The van der Waals surface area contributed by atoms with Gasteiger partial charge in [-0.2, -0.15) is 0 Å². The summed E-state index contributed by atoms with van der Waals surface area (Å²) in [5.74, 6) is -35.6. The van der Waals surface area contributed by atoms with Crippen molar-refractivity contribution < 1.29 is 123 Å². The van der Waals surface area contributed by atoms with Gasteiger partial charge in [-0.05, 0) is 38.8 Å². The van der Waals surface area contributed by atoms with E-state index < -0.39 is 247 Å². The van der Waals surface area contributed by atoms with Crippen LogP contribution in [-0.4, -0.2) is 123 Å². The second-order valence-electron chi connectivity index (χ2n) is 17.5. The molecule has 9 aromatic rings. The maximum atomic E-state index is 12.7. The van der Waals surface area contributed by atoms with E-state index in [4.69, 9.17) is 23.2 Å². The molecule has 0 saturated heterocycles. The van der Waals surface area contributed by atoms with Gasteiger partial charge in [0.2, 0.25) is 23.0 Å². The van der Waals surface area contributed by atoms with E-state index >= 15 is 0 Å². The minimum Gasteiger partial charge on any atom is -0.507 e. The third kappa shape index (κ3) is 5.94. The highest BCUT2D eigenvalue weighted by atomic mass is 35.5. The molecule has 24 N–H and O–H groups in total. The summed E-state index contributed by atoms with van der Waals surface area (Å²) in [7, 11) is 0. The molecule has 76 heavy (non-hydrogen) atoms. The molecule has 0 amide bonds. The number of benzene rings is 9. The van der Waals surface area contributed by atoms with E-state index in [1.807, 2.05) is 0 Å². The van der Waals surface area contributed by atoms with Crippen LogP contribution in [0.25, 0.3) is 87.6 Å². The van der Waals surface area contributed by atoms with Gasteiger partial charge in [-0.15, -0.1) is 0 Å². The Morgan fingerprint density at radius 2 is 0.421 bits per heavy atom. The van der Waals surface area contributed by atoms with Crippen LogP contribution in [0.5, 0.6) is 138 Å². The third-order valence-corrected chi connectivity index (χ3v) is 14.6. The van der Waals surface area contributed by atoms with Crippen molar-refractivity contribution in [1.82, 2.24) is 0 Å². The first-order chi connectivity index (χ1) is 35.3. The van der Waals surface area contributed by atoms with Crippen LogP contribution in [0.3, 0.4) is 0 Å². The first-order valence-electron chi connectivity index (χ1n) is 21.2. The quantitative estimate of drug-likeness (QED) is 0.0446. The molecule has 9 rings (SSSR count). The maximum Gasteiger partial charge on any atom is 0.208 e. The second kappa shape index (κ2) is 16.1. The van der Waals surface area contributed by atoms with Crippen molar-refractivity contribution in [2.45, 2.75) is 27.7 Å². The zero-order valence-electron chi connectivity index (χ0n) is 38.5. The van der Waals surface area contributed by atoms with Crippen LogP contribution in [0, 0.1) is 27.7 Å². The Hall–Kier alpha value is -10.2. The lowest BCUT2D eigenvalue weighted by Crippen LogP contribution is -1.99. The zero-order chi connectivity index (χ0) is 56.6. The summed E-state index contributed by atoms with van der Waals surface area (Å²) in [6, 6.07) is 0. The smallest absolute Gasteiger partial charge is 0.208 e. The molecule has 0 radical (unpaired) electrons. The molecule has 0 aliphatic heterocycles. The molecule has 24 nitrogen and oxygen atoms in total. The summed E-state index contributed by atoms with van der Waals surface area (Å²) < 4.78 is 0. The number of phenols is 24. The lowest BCUT2D eigenvalue weighted by atomic mass is 9.79. The van der Waals surface area contributed by atoms with Crippen molar-refractivity contribution in [1.29, 1.82) is 0 Å². The highest BCUT2D eigenvalue weighted by Gasteiger charge is 2.41. The van der Waals surface area contributed by atoms with Crippen LogP contribution >= 0.6 is 23.2 Å². The molecule has 0 unspecified atom stereocenters. The molecule has 0 aliphatic rings. The molecule has 0 saturated carbocycles. The van der Waals surface area contributed by atoms with Gasteiger partial charge < -0.3 is 123 Å². The predicted molar refractivity (Wildman–Crippen MR) is 267 cm³/mol. The maximum absolute atomic E-state index is 12.7. The first kappa shape index (κ1) is 50.7. The van der Waals surface area contributed by atoms with Crippen molar-refractivity contribution in [2.24, 2.45) is 0 Å². The lowest BCUT2D eigenvalue weighted by Gasteiger charge is -2.27. The molecule has 394 valence electrons. The average molecular weight is 1090 g/mol. The molecule has 9 aromatic carbocycles. The Kier molecular flexibility index (Phi) is 10.8. The highest BCUT2D eigenvalue weighted by molar-refractivity contribution is 6.41. The van der Waals surface area contributed by atoms with E-state index in [1.165, 1.54) is 13.8 Å². The van der Waals surface area contributed by atoms with Gasteiger partial charge in [0, 0.05) is 60.1 Å². The topological polar surface area (TPSA) is 486 Å². The van der Waals surface area contributed by atoms with E-state index in [9.17, 15) is 123 Å². The fourth-order valence-electron chi connectivity index (χ4n) is 9.78. The van der Waals surface area contributed by atoms with E-state index in [0.717, 1.165) is 13.8 Å². The van der Waals surface area contributed by atoms with Gasteiger partial charge >= 0.3 is 0 Å². The molecule has 0 bridgehead atoms. The third-order valence-electron chi connectivity index (χ3n) is 13.8. The second-order valence-corrected chi connectivity index (χ2v) is 18.3. The summed E-state index contributed by atoms with van der Waals surface area (Å²) in [4.78, 5) is 0. The van der Waals surface area contributed by atoms with Gasteiger partial charge in [-0.25, -0.2) is 0 Å². The molecule has 0 heterocycles. The van der Waals surface area contributed by atoms with Gasteiger partial charge in [0.1, 0.15) is 34.5 Å². The minimum atomic E-state index is -1.81. The highest BCUT2D eigenvalue weighted by Crippen LogP contribution is 2.70. The fourth-order valence-corrected chi connectivity index (χ4v) is 10.2. The number of aromatic hydroxyl groups is 24. The number of hydrogen-bond donors (Lipinski definition) is 24. The normalized spacial score (nSPS) is 11.8. The molecule has 0 fully saturated rings. The number of phenolic OH excluding ortho intramolecular Hbond substituents is 24. The van der Waals surface area contributed by atoms with Crippen molar-refractivity contribution in [3.8, 4) is 182 Å². The zero-order valence-corrected chi connectivity index (χ0v) is 40.0. The van der Waals surface area contributed by atoms with Crippen molar-refractivity contribution >= 4 is 66.3 Å². The molecular weight excluding hydrogens is 1060 g/mol. The van der Waals surface area contributed by atoms with E-state index in [0.29, 0.717) is 0 Å². The SMILES string of the molecule is Cc1c(C)c(O)c2c(-c3c4c(O)c(C)c(Cl)c(O)c4c(-c4c(O)c(O)c(-c5c(O)c(O)c6c(C)c(O)c(O)c(O)c6c5O)c(O)c4O)c4c(O)c(-c5c(O)c(O)c(O)c(O)c5O)c(O)c(O)c34)c(O)c(O)c(Cl)c2c1O. The lowest BCUT2D eigenvalue weighted by molar-refractivity contribution is 0.329. The average Bonchev–Trinajstić information content (AvgIpc) is 3.39. The monoisotopic (exact) mass is 1090 g/mol. The standard InChI is InChI=1S/C50H36Cl2O24/c1-5-6(2)28(54)18-17(27(5)53)16(36(62)46(72)26(18)52)10-12-14(33(59)25(51)8(4)29(12)55)11(13-15(10)35(61)40(66)21(31(13)57)24-44(70)48(74)50(76)49(75)45(24)71)20-37(63)41(67)23(42(68)38(20)64)22-32(58)19-9(34(60)39(22)65)7(3)30(56)47(73)43(19)69/h53-76H,1-4H3. The number of fused-ring (bicyclic) bond motifs is 4. The molecule has 26 heteroatoms. The van der Waals surface area contributed by atoms with E-state index in [-0.39, 0.29) is 11.1 Å². The Morgan fingerprint density at radius 1 is 0.158 bits per heavy atom. The number of hydrogen-bond acceptors (Lipinski definition) is 24. The molecule has 0 spiro atoms. The molecule has 0 aliphatic carbocycles. The van der Waals surface area contributed by atoms with Gasteiger partial charge in [0.15, 0.2) is 80.5 Å². The van der Waals surface area contributed by atoms with Crippen molar-refractivity contribution in [3.63, 3.8) is 0 Å². The number of halogens is 2. The summed E-state index contributed by atoms with van der Waals surface area (Å²) >= 11 is 13.1. The predicted octanol–water partition coefficient (Wildman–Crippen LogP) is 8.44.